The van der Waals surface area contributed by atoms with Crippen molar-refractivity contribution in [1.82, 2.24) is 0 Å². The van der Waals surface area contributed by atoms with Crippen LogP contribution in [0.15, 0.2) is 16.6 Å². The number of rotatable bonds is 4. The third-order valence-corrected chi connectivity index (χ3v) is 3.95. The van der Waals surface area contributed by atoms with E-state index in [1.807, 2.05) is 6.07 Å². The highest BCUT2D eigenvalue weighted by molar-refractivity contribution is 9.10. The summed E-state index contributed by atoms with van der Waals surface area (Å²) < 4.78 is 19.3. The fourth-order valence-electron chi connectivity index (χ4n) is 1.85. The van der Waals surface area contributed by atoms with Crippen molar-refractivity contribution in [2.24, 2.45) is 5.92 Å². The van der Waals surface area contributed by atoms with Gasteiger partial charge < -0.3 is 4.74 Å². The van der Waals surface area contributed by atoms with Gasteiger partial charge in [-0.3, -0.25) is 0 Å². The highest BCUT2D eigenvalue weighted by Gasteiger charge is 2.18. The zero-order valence-corrected chi connectivity index (χ0v) is 11.0. The summed E-state index contributed by atoms with van der Waals surface area (Å²) in [4.78, 5) is 0. The van der Waals surface area contributed by atoms with Crippen LogP contribution in [0.2, 0.25) is 0 Å². The average Bonchev–Trinajstić information content (AvgIpc) is 2.27. The molecule has 0 N–H and O–H groups in total. The summed E-state index contributed by atoms with van der Waals surface area (Å²) in [6.45, 7) is 0.542. The third kappa shape index (κ3) is 2.78. The minimum Gasteiger partial charge on any atom is -0.490 e. The molecule has 1 aromatic carbocycles. The quantitative estimate of drug-likeness (QED) is 0.840. The summed E-state index contributed by atoms with van der Waals surface area (Å²) in [7, 11) is 0. The summed E-state index contributed by atoms with van der Waals surface area (Å²) in [6, 6.07) is 4.99. The first-order valence-electron chi connectivity index (χ1n) is 5.73. The Morgan fingerprint density at radius 1 is 1.47 bits per heavy atom. The molecule has 0 spiro atoms. The third-order valence-electron chi connectivity index (χ3n) is 3.18. The molecule has 0 bridgehead atoms. The van der Waals surface area contributed by atoms with Gasteiger partial charge in [-0.1, -0.05) is 19.3 Å². The predicted molar refractivity (Wildman–Crippen MR) is 66.3 cm³/mol. The van der Waals surface area contributed by atoms with E-state index in [4.69, 9.17) is 10.00 Å². The lowest BCUT2D eigenvalue weighted by Gasteiger charge is -2.25. The molecule has 4 heteroatoms. The van der Waals surface area contributed by atoms with Crippen molar-refractivity contribution in [3.63, 3.8) is 0 Å². The molecule has 0 radical (unpaired) electrons. The SMILES string of the molecule is N#Cc1ccc(OCCC2CCC2)c(F)c1Br. The Morgan fingerprint density at radius 3 is 2.82 bits per heavy atom. The molecule has 2 rings (SSSR count). The van der Waals surface area contributed by atoms with E-state index in [1.165, 1.54) is 25.3 Å². The van der Waals surface area contributed by atoms with Crippen molar-refractivity contribution >= 4 is 15.9 Å². The highest BCUT2D eigenvalue weighted by atomic mass is 79.9. The molecular weight excluding hydrogens is 285 g/mol. The Hall–Kier alpha value is -1.08. The molecule has 0 saturated heterocycles. The molecule has 0 amide bonds. The van der Waals surface area contributed by atoms with Gasteiger partial charge in [0.2, 0.25) is 0 Å². The molecule has 1 aliphatic rings. The number of nitriles is 1. The maximum Gasteiger partial charge on any atom is 0.180 e. The Labute approximate surface area is 109 Å². The fraction of sp³-hybridized carbons (Fsp3) is 0.462. The van der Waals surface area contributed by atoms with Crippen molar-refractivity contribution in [2.45, 2.75) is 25.7 Å². The van der Waals surface area contributed by atoms with Gasteiger partial charge in [-0.05, 0) is 40.4 Å². The largest absolute Gasteiger partial charge is 0.490 e. The van der Waals surface area contributed by atoms with Crippen LogP contribution in [0, 0.1) is 23.1 Å². The van der Waals surface area contributed by atoms with E-state index in [9.17, 15) is 4.39 Å². The summed E-state index contributed by atoms with van der Waals surface area (Å²) in [5, 5.41) is 8.73. The molecule has 0 aromatic heterocycles. The lowest BCUT2D eigenvalue weighted by atomic mass is 9.83. The molecule has 1 fully saturated rings. The highest BCUT2D eigenvalue weighted by Crippen LogP contribution is 2.31. The second kappa shape index (κ2) is 5.50. The number of ether oxygens (including phenoxy) is 1. The first-order chi connectivity index (χ1) is 8.22. The summed E-state index contributed by atoms with van der Waals surface area (Å²) in [5.41, 5.74) is 0.286. The summed E-state index contributed by atoms with van der Waals surface area (Å²) in [5.74, 6) is 0.479. The van der Waals surface area contributed by atoms with Crippen LogP contribution >= 0.6 is 15.9 Å². The molecule has 0 atom stereocenters. The number of halogens is 2. The van der Waals surface area contributed by atoms with Crippen molar-refractivity contribution in [1.29, 1.82) is 5.26 Å². The summed E-state index contributed by atoms with van der Waals surface area (Å²) in [6.07, 6.45) is 4.82. The van der Waals surface area contributed by atoms with Crippen LogP contribution in [0.3, 0.4) is 0 Å². The van der Waals surface area contributed by atoms with E-state index in [0.29, 0.717) is 6.61 Å². The lowest BCUT2D eigenvalue weighted by molar-refractivity contribution is 0.216. The minimum absolute atomic E-state index is 0.182. The molecule has 17 heavy (non-hydrogen) atoms. The number of nitrogens with zero attached hydrogens (tertiary/aromatic N) is 1. The van der Waals surface area contributed by atoms with E-state index >= 15 is 0 Å². The molecular formula is C13H13BrFNO. The van der Waals surface area contributed by atoms with Crippen molar-refractivity contribution in [3.05, 3.63) is 28.0 Å². The zero-order valence-electron chi connectivity index (χ0n) is 9.38. The lowest BCUT2D eigenvalue weighted by Crippen LogP contribution is -2.14. The van der Waals surface area contributed by atoms with Crippen LogP contribution < -0.4 is 4.74 Å². The molecule has 2 nitrogen and oxygen atoms in total. The molecule has 1 aromatic rings. The van der Waals surface area contributed by atoms with Crippen LogP contribution in [0.5, 0.6) is 5.75 Å². The van der Waals surface area contributed by atoms with Crippen molar-refractivity contribution < 1.29 is 9.13 Å². The maximum atomic E-state index is 13.7. The standard InChI is InChI=1S/C13H13BrFNO/c14-12-10(8-16)4-5-11(13(12)15)17-7-6-9-2-1-3-9/h4-5,9H,1-3,6-7H2. The molecule has 90 valence electrons. The molecule has 0 heterocycles. The number of benzene rings is 1. The van der Waals surface area contributed by atoms with Gasteiger partial charge in [0, 0.05) is 0 Å². The van der Waals surface area contributed by atoms with E-state index < -0.39 is 5.82 Å². The van der Waals surface area contributed by atoms with Crippen LogP contribution in [0.4, 0.5) is 4.39 Å². The average molecular weight is 298 g/mol. The van der Waals surface area contributed by atoms with Gasteiger partial charge in [-0.25, -0.2) is 4.39 Å². The second-order valence-corrected chi connectivity index (χ2v) is 5.08. The Morgan fingerprint density at radius 2 is 2.24 bits per heavy atom. The first kappa shape index (κ1) is 12.4. The number of hydrogen-bond donors (Lipinski definition) is 0. The van der Waals surface area contributed by atoms with E-state index in [2.05, 4.69) is 15.9 Å². The maximum absolute atomic E-state index is 13.7. The van der Waals surface area contributed by atoms with Gasteiger partial charge in [0.05, 0.1) is 16.6 Å². The Bertz CT molecular complexity index is 451. The number of hydrogen-bond acceptors (Lipinski definition) is 2. The van der Waals surface area contributed by atoms with Gasteiger partial charge in [0.1, 0.15) is 6.07 Å². The molecule has 0 unspecified atom stereocenters. The van der Waals surface area contributed by atoms with Gasteiger partial charge >= 0.3 is 0 Å². The van der Waals surface area contributed by atoms with Crippen molar-refractivity contribution in [2.75, 3.05) is 6.61 Å². The first-order valence-corrected chi connectivity index (χ1v) is 6.52. The van der Waals surface area contributed by atoms with Crippen LogP contribution in [0.1, 0.15) is 31.2 Å². The van der Waals surface area contributed by atoms with Crippen LogP contribution in [0.25, 0.3) is 0 Å². The van der Waals surface area contributed by atoms with E-state index in [0.717, 1.165) is 12.3 Å². The van der Waals surface area contributed by atoms with Crippen LogP contribution in [-0.4, -0.2) is 6.61 Å². The monoisotopic (exact) mass is 297 g/mol. The fourth-order valence-corrected chi connectivity index (χ4v) is 2.26. The normalized spacial score (nSPS) is 15.1. The smallest absolute Gasteiger partial charge is 0.180 e. The van der Waals surface area contributed by atoms with E-state index in [-0.39, 0.29) is 15.8 Å². The van der Waals surface area contributed by atoms with Gasteiger partial charge in [-0.15, -0.1) is 0 Å². The van der Waals surface area contributed by atoms with Gasteiger partial charge in [0.25, 0.3) is 0 Å². The van der Waals surface area contributed by atoms with E-state index in [1.54, 1.807) is 6.07 Å². The molecule has 1 aliphatic carbocycles. The second-order valence-electron chi connectivity index (χ2n) is 4.29. The zero-order chi connectivity index (χ0) is 12.3. The minimum atomic E-state index is -0.488. The molecule has 0 aliphatic heterocycles. The Kier molecular flexibility index (Phi) is 4.01. The van der Waals surface area contributed by atoms with Crippen LogP contribution in [-0.2, 0) is 0 Å². The van der Waals surface area contributed by atoms with Gasteiger partial charge in [-0.2, -0.15) is 5.26 Å². The topological polar surface area (TPSA) is 33.0 Å². The molecule has 1 saturated carbocycles. The van der Waals surface area contributed by atoms with Crippen molar-refractivity contribution in [3.8, 4) is 11.8 Å². The Balaban J connectivity index is 1.96. The summed E-state index contributed by atoms with van der Waals surface area (Å²) >= 11 is 3.06. The predicted octanol–water partition coefficient (Wildman–Crippen LogP) is 4.03. The van der Waals surface area contributed by atoms with Gasteiger partial charge in [0.15, 0.2) is 11.6 Å².